The molecule has 2 aromatic carbocycles. The predicted octanol–water partition coefficient (Wildman–Crippen LogP) is 3.22. The van der Waals surface area contributed by atoms with E-state index in [1.54, 1.807) is 18.2 Å². The Hall–Kier alpha value is -2.15. The van der Waals surface area contributed by atoms with Crippen molar-refractivity contribution < 1.29 is 9.59 Å². The third-order valence-corrected chi connectivity index (χ3v) is 5.69. The van der Waals surface area contributed by atoms with Crippen LogP contribution in [0.15, 0.2) is 58.0 Å². The van der Waals surface area contributed by atoms with Gasteiger partial charge in [-0.1, -0.05) is 40.2 Å². The largest absolute Gasteiger partial charge is 0.304 e. The summed E-state index contributed by atoms with van der Waals surface area (Å²) in [6, 6.07) is 13.9. The molecule has 0 saturated carbocycles. The van der Waals surface area contributed by atoms with Crippen molar-refractivity contribution in [3.8, 4) is 0 Å². The zero-order chi connectivity index (χ0) is 19.0. The first-order chi connectivity index (χ1) is 13.0. The highest BCUT2D eigenvalue weighted by atomic mass is 79.9. The maximum absolute atomic E-state index is 13.3. The number of likely N-dealkylation sites (N-methyl/N-ethyl adjacent to an activating group) is 1. The molecule has 6 heteroatoms. The number of aliphatic imine (C=N–C) groups is 1. The first-order valence-electron chi connectivity index (χ1n) is 8.99. The number of Topliss-reactive ketones (excluding diaryl/α,β-unsaturated/α-hetero) is 2. The van der Waals surface area contributed by atoms with Gasteiger partial charge in [-0.05, 0) is 31.3 Å². The molecule has 0 spiro atoms. The van der Waals surface area contributed by atoms with Crippen molar-refractivity contribution >= 4 is 38.9 Å². The summed E-state index contributed by atoms with van der Waals surface area (Å²) in [5, 5.41) is 0. The van der Waals surface area contributed by atoms with Crippen LogP contribution in [0.25, 0.3) is 0 Å². The topological polar surface area (TPSA) is 53.0 Å². The maximum Gasteiger partial charge on any atom is 0.210 e. The van der Waals surface area contributed by atoms with Crippen molar-refractivity contribution in [3.05, 3.63) is 64.1 Å². The molecule has 1 saturated heterocycles. The van der Waals surface area contributed by atoms with Gasteiger partial charge in [0.15, 0.2) is 5.78 Å². The van der Waals surface area contributed by atoms with Crippen LogP contribution < -0.4 is 0 Å². The van der Waals surface area contributed by atoms with E-state index < -0.39 is 6.04 Å². The third-order valence-electron chi connectivity index (χ3n) is 5.16. The van der Waals surface area contributed by atoms with Crippen molar-refractivity contribution in [2.24, 2.45) is 4.99 Å². The quantitative estimate of drug-likeness (QED) is 0.740. The normalized spacial score (nSPS) is 22.9. The van der Waals surface area contributed by atoms with E-state index >= 15 is 0 Å². The van der Waals surface area contributed by atoms with E-state index in [-0.39, 0.29) is 11.6 Å². The van der Waals surface area contributed by atoms with Gasteiger partial charge in [-0.2, -0.15) is 0 Å². The second-order valence-electron chi connectivity index (χ2n) is 6.95. The van der Waals surface area contributed by atoms with Crippen LogP contribution in [0.5, 0.6) is 0 Å². The van der Waals surface area contributed by atoms with Gasteiger partial charge in [-0.25, -0.2) is 4.99 Å². The van der Waals surface area contributed by atoms with Gasteiger partial charge >= 0.3 is 0 Å². The van der Waals surface area contributed by atoms with E-state index in [9.17, 15) is 9.59 Å². The number of halogens is 1. The van der Waals surface area contributed by atoms with E-state index in [1.165, 1.54) is 0 Å². The highest BCUT2D eigenvalue weighted by Crippen LogP contribution is 2.27. The third kappa shape index (κ3) is 3.52. The molecule has 0 N–H and O–H groups in total. The lowest BCUT2D eigenvalue weighted by Crippen LogP contribution is -2.57. The van der Waals surface area contributed by atoms with E-state index in [1.807, 2.05) is 30.3 Å². The number of benzene rings is 2. The molecule has 138 valence electrons. The van der Waals surface area contributed by atoms with Crippen LogP contribution >= 0.6 is 15.9 Å². The summed E-state index contributed by atoms with van der Waals surface area (Å²) in [7, 11) is 2.07. The number of piperazine rings is 1. The highest BCUT2D eigenvalue weighted by molar-refractivity contribution is 9.10. The zero-order valence-corrected chi connectivity index (χ0v) is 16.6. The molecule has 1 aliphatic heterocycles. The van der Waals surface area contributed by atoms with Crippen molar-refractivity contribution in [3.63, 3.8) is 0 Å². The van der Waals surface area contributed by atoms with Crippen molar-refractivity contribution in [2.75, 3.05) is 33.2 Å². The summed E-state index contributed by atoms with van der Waals surface area (Å²) < 4.78 is 0.943. The number of carbonyl (C=O) groups excluding carboxylic acids is 2. The minimum Gasteiger partial charge on any atom is -0.304 e. The number of carbonyl (C=O) groups is 2. The van der Waals surface area contributed by atoms with E-state index in [2.05, 4.69) is 37.8 Å². The second kappa shape index (κ2) is 7.46. The molecule has 0 bridgehead atoms. The number of hydrogen-bond acceptors (Lipinski definition) is 5. The molecule has 4 rings (SSSR count). The molecule has 0 radical (unpaired) electrons. The van der Waals surface area contributed by atoms with E-state index in [0.717, 1.165) is 30.7 Å². The molecule has 2 aliphatic rings. The van der Waals surface area contributed by atoms with Crippen molar-refractivity contribution in [2.45, 2.75) is 6.04 Å². The van der Waals surface area contributed by atoms with Crippen LogP contribution in [0, 0.1) is 0 Å². The first kappa shape index (κ1) is 18.2. The molecule has 1 atom stereocenters. The minimum absolute atomic E-state index is 0.0365. The van der Waals surface area contributed by atoms with Gasteiger partial charge in [-0.3, -0.25) is 14.5 Å². The zero-order valence-electron chi connectivity index (χ0n) is 15.1. The molecule has 1 heterocycles. The summed E-state index contributed by atoms with van der Waals surface area (Å²) in [5.41, 5.74) is 1.95. The van der Waals surface area contributed by atoms with Gasteiger partial charge < -0.3 is 4.90 Å². The van der Waals surface area contributed by atoms with Crippen LogP contribution in [0.1, 0.15) is 20.7 Å². The molecule has 1 unspecified atom stereocenters. The van der Waals surface area contributed by atoms with Gasteiger partial charge in [0.1, 0.15) is 11.8 Å². The Morgan fingerprint density at radius 3 is 2.22 bits per heavy atom. The number of ketones is 2. The van der Waals surface area contributed by atoms with Crippen LogP contribution in [-0.2, 0) is 0 Å². The van der Waals surface area contributed by atoms with Gasteiger partial charge in [0.05, 0.1) is 5.69 Å². The van der Waals surface area contributed by atoms with Crippen LogP contribution in [0.2, 0.25) is 0 Å². The fourth-order valence-corrected chi connectivity index (χ4v) is 3.88. The fourth-order valence-electron chi connectivity index (χ4n) is 3.62. The molecule has 1 aliphatic carbocycles. The Morgan fingerprint density at radius 2 is 1.56 bits per heavy atom. The SMILES string of the molecule is CN1CCN(C2C(=O)c3ccccc3C(=O)C2=Nc2ccc(Br)cc2)CC1. The van der Waals surface area contributed by atoms with Gasteiger partial charge in [0, 0.05) is 41.8 Å². The predicted molar refractivity (Wildman–Crippen MR) is 109 cm³/mol. The van der Waals surface area contributed by atoms with Crippen molar-refractivity contribution in [1.29, 1.82) is 0 Å². The summed E-state index contributed by atoms with van der Waals surface area (Å²) in [4.78, 5) is 35.5. The van der Waals surface area contributed by atoms with Crippen LogP contribution in [0.4, 0.5) is 5.69 Å². The van der Waals surface area contributed by atoms with E-state index in [0.29, 0.717) is 22.5 Å². The summed E-state index contributed by atoms with van der Waals surface area (Å²) in [5.74, 6) is -0.192. The van der Waals surface area contributed by atoms with Crippen LogP contribution in [0.3, 0.4) is 0 Å². The molecule has 0 aromatic heterocycles. The molecular weight excluding hydrogens is 406 g/mol. The number of nitrogens with zero attached hydrogens (tertiary/aromatic N) is 3. The average molecular weight is 426 g/mol. The Labute approximate surface area is 166 Å². The highest BCUT2D eigenvalue weighted by Gasteiger charge is 2.42. The summed E-state index contributed by atoms with van der Waals surface area (Å²) in [6.07, 6.45) is 0. The second-order valence-corrected chi connectivity index (χ2v) is 7.87. The lowest BCUT2D eigenvalue weighted by atomic mass is 9.83. The number of fused-ring (bicyclic) bond motifs is 1. The molecule has 27 heavy (non-hydrogen) atoms. The molecule has 1 fully saturated rings. The molecule has 5 nitrogen and oxygen atoms in total. The lowest BCUT2D eigenvalue weighted by molar-refractivity contribution is 0.0778. The average Bonchev–Trinajstić information content (AvgIpc) is 2.69. The molecule has 2 aromatic rings. The fraction of sp³-hybridized carbons (Fsp3) is 0.286. The first-order valence-corrected chi connectivity index (χ1v) is 9.78. The van der Waals surface area contributed by atoms with Crippen LogP contribution in [-0.4, -0.2) is 66.3 Å². The van der Waals surface area contributed by atoms with E-state index in [4.69, 9.17) is 0 Å². The Balaban J connectivity index is 1.80. The summed E-state index contributed by atoms with van der Waals surface area (Å²) >= 11 is 3.41. The smallest absolute Gasteiger partial charge is 0.210 e. The molecular formula is C21H20BrN3O2. The maximum atomic E-state index is 13.3. The number of rotatable bonds is 2. The lowest BCUT2D eigenvalue weighted by Gasteiger charge is -2.39. The van der Waals surface area contributed by atoms with Crippen molar-refractivity contribution in [1.82, 2.24) is 9.80 Å². The number of hydrogen-bond donors (Lipinski definition) is 0. The minimum atomic E-state index is -0.621. The Bertz CT molecular complexity index is 915. The summed E-state index contributed by atoms with van der Waals surface area (Å²) in [6.45, 7) is 3.21. The Morgan fingerprint density at radius 1 is 0.926 bits per heavy atom. The van der Waals surface area contributed by atoms with Gasteiger partial charge in [0.25, 0.3) is 0 Å². The standard InChI is InChI=1S/C21H20BrN3O2/c1-24-10-12-25(13-11-24)19-18(23-15-8-6-14(22)7-9-15)20(26)16-4-2-3-5-17(16)21(19)27/h2-9,19H,10-13H2,1H3. The Kier molecular flexibility index (Phi) is 5.04. The molecule has 0 amide bonds. The van der Waals surface area contributed by atoms with Gasteiger partial charge in [0.2, 0.25) is 5.78 Å². The monoisotopic (exact) mass is 425 g/mol. The van der Waals surface area contributed by atoms with Gasteiger partial charge in [-0.15, -0.1) is 0 Å².